The molecule has 184 valence electrons. The monoisotopic (exact) mass is 545 g/mol. The lowest BCUT2D eigenvalue weighted by atomic mass is 9.98. The van der Waals surface area contributed by atoms with Crippen molar-refractivity contribution >= 4 is 21.8 Å². The van der Waals surface area contributed by atoms with Crippen LogP contribution in [0.15, 0.2) is 57.8 Å². The van der Waals surface area contributed by atoms with Crippen molar-refractivity contribution in [2.24, 2.45) is 0 Å². The minimum atomic E-state index is -0.144. The molecule has 1 aliphatic heterocycles. The molecule has 0 aliphatic carbocycles. The molecule has 5 rings (SSSR count). The highest BCUT2D eigenvalue weighted by molar-refractivity contribution is 9.10. The Kier molecular flexibility index (Phi) is 6.16. The second-order valence-electron chi connectivity index (χ2n) is 9.60. The normalized spacial score (nSPS) is 15.2. The number of halogens is 1. The largest absolute Gasteiger partial charge is 0.330 e. The van der Waals surface area contributed by atoms with Gasteiger partial charge in [-0.1, -0.05) is 33.6 Å². The lowest BCUT2D eigenvalue weighted by Gasteiger charge is -2.34. The van der Waals surface area contributed by atoms with E-state index in [1.54, 1.807) is 14.1 Å². The zero-order valence-corrected chi connectivity index (χ0v) is 22.6. The highest BCUT2D eigenvalue weighted by atomic mass is 79.9. The fourth-order valence-corrected chi connectivity index (χ4v) is 5.01. The van der Waals surface area contributed by atoms with Crippen molar-refractivity contribution in [3.05, 3.63) is 103 Å². The zero-order valence-electron chi connectivity index (χ0n) is 21.0. The van der Waals surface area contributed by atoms with E-state index in [1.165, 1.54) is 0 Å². The van der Waals surface area contributed by atoms with Crippen molar-refractivity contribution in [3.8, 4) is 11.6 Å². The van der Waals surface area contributed by atoms with Crippen LogP contribution in [0.1, 0.15) is 51.1 Å². The van der Waals surface area contributed by atoms with E-state index in [1.807, 2.05) is 83.1 Å². The van der Waals surface area contributed by atoms with E-state index < -0.39 is 0 Å². The molecule has 0 fully saturated rings. The number of amides is 1. The van der Waals surface area contributed by atoms with E-state index in [4.69, 9.17) is 4.98 Å². The number of benzene rings is 2. The number of hydrogen-bond donors (Lipinski definition) is 0. The Morgan fingerprint density at radius 1 is 1.03 bits per heavy atom. The predicted molar refractivity (Wildman–Crippen MR) is 143 cm³/mol. The zero-order chi connectivity index (χ0) is 25.7. The average molecular weight is 546 g/mol. The number of aryl methyl sites for hydroxylation is 4. The fraction of sp³-hybridized carbons (Fsp3) is 0.286. The molecule has 0 saturated carbocycles. The fourth-order valence-electron chi connectivity index (χ4n) is 4.76. The van der Waals surface area contributed by atoms with Crippen molar-refractivity contribution in [1.29, 1.82) is 0 Å². The lowest BCUT2D eigenvalue weighted by Crippen LogP contribution is -2.46. The molecule has 1 aliphatic rings. The standard InChI is InChI=1S/C28H28BrN5O2/c1-16-6-9-22(10-7-16)33-27(36)23-14-19(4)32(26(35)21-8-11-24(29)17(2)12-21)15-25(23)30-28(33)34-20(5)13-18(3)31-34/h6-13,19H,14-15H2,1-5H3. The van der Waals surface area contributed by atoms with Crippen LogP contribution in [-0.2, 0) is 13.0 Å². The third-order valence-electron chi connectivity index (χ3n) is 6.75. The molecule has 3 heterocycles. The van der Waals surface area contributed by atoms with Gasteiger partial charge in [-0.25, -0.2) is 14.2 Å². The number of rotatable bonds is 3. The number of carbonyl (C=O) groups excluding carboxylic acids is 1. The molecule has 1 unspecified atom stereocenters. The van der Waals surface area contributed by atoms with Gasteiger partial charge in [0.15, 0.2) is 0 Å². The molecule has 0 saturated heterocycles. The molecular formula is C28H28BrN5O2. The molecule has 0 spiro atoms. The first-order valence-electron chi connectivity index (χ1n) is 12.0. The first-order chi connectivity index (χ1) is 17.1. The van der Waals surface area contributed by atoms with Crippen molar-refractivity contribution < 1.29 is 4.79 Å². The Morgan fingerprint density at radius 3 is 2.39 bits per heavy atom. The van der Waals surface area contributed by atoms with Crippen LogP contribution in [0, 0.1) is 27.7 Å². The third-order valence-corrected chi connectivity index (χ3v) is 7.64. The highest BCUT2D eigenvalue weighted by Gasteiger charge is 2.32. The van der Waals surface area contributed by atoms with Gasteiger partial charge in [0.1, 0.15) is 0 Å². The van der Waals surface area contributed by atoms with Gasteiger partial charge in [-0.15, -0.1) is 0 Å². The smallest absolute Gasteiger partial charge is 0.263 e. The molecule has 1 atom stereocenters. The van der Waals surface area contributed by atoms with Crippen LogP contribution in [0.4, 0.5) is 0 Å². The topological polar surface area (TPSA) is 73.0 Å². The first kappa shape index (κ1) is 24.2. The number of nitrogens with zero attached hydrogens (tertiary/aromatic N) is 5. The van der Waals surface area contributed by atoms with E-state index in [2.05, 4.69) is 21.0 Å². The van der Waals surface area contributed by atoms with Gasteiger partial charge in [-0.3, -0.25) is 9.59 Å². The van der Waals surface area contributed by atoms with E-state index >= 15 is 0 Å². The second kappa shape index (κ2) is 9.17. The van der Waals surface area contributed by atoms with Gasteiger partial charge < -0.3 is 4.90 Å². The molecule has 1 amide bonds. The van der Waals surface area contributed by atoms with Gasteiger partial charge in [0.05, 0.1) is 23.6 Å². The maximum atomic E-state index is 14.0. The molecule has 2 aromatic heterocycles. The lowest BCUT2D eigenvalue weighted by molar-refractivity contribution is 0.0653. The summed E-state index contributed by atoms with van der Waals surface area (Å²) in [5, 5.41) is 4.62. The van der Waals surface area contributed by atoms with E-state index in [9.17, 15) is 9.59 Å². The van der Waals surface area contributed by atoms with Gasteiger partial charge >= 0.3 is 0 Å². The molecule has 8 heteroatoms. The van der Waals surface area contributed by atoms with Crippen LogP contribution in [0.5, 0.6) is 0 Å². The van der Waals surface area contributed by atoms with E-state index in [-0.39, 0.29) is 24.1 Å². The molecule has 2 aromatic carbocycles. The van der Waals surface area contributed by atoms with Crippen LogP contribution < -0.4 is 5.56 Å². The number of aromatic nitrogens is 4. The minimum Gasteiger partial charge on any atom is -0.330 e. The van der Waals surface area contributed by atoms with Crippen LogP contribution in [0.25, 0.3) is 11.6 Å². The Balaban J connectivity index is 1.65. The highest BCUT2D eigenvalue weighted by Crippen LogP contribution is 2.26. The van der Waals surface area contributed by atoms with Crippen molar-refractivity contribution in [2.75, 3.05) is 0 Å². The Morgan fingerprint density at radius 2 is 1.75 bits per heavy atom. The molecular weight excluding hydrogens is 518 g/mol. The van der Waals surface area contributed by atoms with Crippen LogP contribution in [0.3, 0.4) is 0 Å². The molecule has 0 bridgehead atoms. The summed E-state index contributed by atoms with van der Waals surface area (Å²) in [7, 11) is 0. The van der Waals surface area contributed by atoms with Gasteiger partial charge in [-0.05, 0) is 83.0 Å². The molecule has 0 N–H and O–H groups in total. The summed E-state index contributed by atoms with van der Waals surface area (Å²) >= 11 is 3.50. The summed E-state index contributed by atoms with van der Waals surface area (Å²) in [5.41, 5.74) is 6.32. The molecule has 36 heavy (non-hydrogen) atoms. The van der Waals surface area contributed by atoms with Gasteiger partial charge in [0.25, 0.3) is 11.5 Å². The van der Waals surface area contributed by atoms with Crippen molar-refractivity contribution in [2.45, 2.75) is 53.6 Å². The van der Waals surface area contributed by atoms with Gasteiger partial charge in [-0.2, -0.15) is 5.10 Å². The quantitative estimate of drug-likeness (QED) is 0.363. The van der Waals surface area contributed by atoms with Crippen molar-refractivity contribution in [3.63, 3.8) is 0 Å². The number of fused-ring (bicyclic) bond motifs is 1. The van der Waals surface area contributed by atoms with Gasteiger partial charge in [0.2, 0.25) is 5.95 Å². The SMILES string of the molecule is Cc1ccc(-n2c(-n3nc(C)cc3C)nc3c(c2=O)CC(C)N(C(=O)c2ccc(Br)c(C)c2)C3)cc1. The number of hydrogen-bond acceptors (Lipinski definition) is 4. The summed E-state index contributed by atoms with van der Waals surface area (Å²) in [5.74, 6) is 0.357. The summed E-state index contributed by atoms with van der Waals surface area (Å²) < 4.78 is 4.31. The maximum absolute atomic E-state index is 14.0. The van der Waals surface area contributed by atoms with Crippen LogP contribution in [0.2, 0.25) is 0 Å². The Hall–Kier alpha value is -3.52. The number of carbonyl (C=O) groups is 1. The Bertz CT molecular complexity index is 1550. The summed E-state index contributed by atoms with van der Waals surface area (Å²) in [6, 6.07) is 15.2. The predicted octanol–water partition coefficient (Wildman–Crippen LogP) is 5.00. The Labute approximate surface area is 218 Å². The van der Waals surface area contributed by atoms with Gasteiger partial charge in [0, 0.05) is 27.3 Å². The summed E-state index contributed by atoms with van der Waals surface area (Å²) in [4.78, 5) is 34.2. The van der Waals surface area contributed by atoms with Crippen LogP contribution >= 0.6 is 15.9 Å². The minimum absolute atomic E-state index is 0.0686. The maximum Gasteiger partial charge on any atom is 0.263 e. The third kappa shape index (κ3) is 4.19. The van der Waals surface area contributed by atoms with E-state index in [0.717, 1.165) is 32.7 Å². The van der Waals surface area contributed by atoms with Crippen LogP contribution in [-0.4, -0.2) is 36.2 Å². The molecule has 0 radical (unpaired) electrons. The molecule has 4 aromatic rings. The summed E-state index contributed by atoms with van der Waals surface area (Å²) in [6.45, 7) is 10.1. The second-order valence-corrected chi connectivity index (χ2v) is 10.5. The average Bonchev–Trinajstić information content (AvgIpc) is 3.18. The molecule has 7 nitrogen and oxygen atoms in total. The van der Waals surface area contributed by atoms with Crippen molar-refractivity contribution in [1.82, 2.24) is 24.2 Å². The summed E-state index contributed by atoms with van der Waals surface area (Å²) in [6.07, 6.45) is 0.436. The van der Waals surface area contributed by atoms with E-state index in [0.29, 0.717) is 29.2 Å². The first-order valence-corrected chi connectivity index (χ1v) is 12.8.